The molecular formula is C23H22N2O3. The molecule has 2 N–H and O–H groups in total. The molecule has 0 atom stereocenters. The smallest absolute Gasteiger partial charge is 0.306 e. The van der Waals surface area contributed by atoms with Gasteiger partial charge in [0, 0.05) is 46.2 Å². The summed E-state index contributed by atoms with van der Waals surface area (Å²) in [6.07, 6.45) is 5.31. The van der Waals surface area contributed by atoms with Crippen LogP contribution < -0.4 is 0 Å². The summed E-state index contributed by atoms with van der Waals surface area (Å²) in [5, 5.41) is 1.98. The number of carbonyl (C=O) groups excluding carboxylic acids is 2. The normalized spacial score (nSPS) is 11.2. The average molecular weight is 374 g/mol. The molecule has 0 aliphatic rings. The van der Waals surface area contributed by atoms with Crippen LogP contribution in [-0.2, 0) is 22.4 Å². The maximum atomic E-state index is 12.5. The summed E-state index contributed by atoms with van der Waals surface area (Å²) in [5.41, 5.74) is 4.82. The Balaban J connectivity index is 1.36. The Morgan fingerprint density at radius 3 is 2.61 bits per heavy atom. The van der Waals surface area contributed by atoms with Crippen molar-refractivity contribution >= 4 is 33.6 Å². The number of aromatic nitrogens is 2. The molecule has 0 fully saturated rings. The number of ether oxygens (including phenoxy) is 1. The number of esters is 1. The van der Waals surface area contributed by atoms with E-state index in [-0.39, 0.29) is 24.8 Å². The van der Waals surface area contributed by atoms with Crippen LogP contribution in [0.2, 0.25) is 0 Å². The van der Waals surface area contributed by atoms with E-state index in [0.29, 0.717) is 12.0 Å². The fourth-order valence-corrected chi connectivity index (χ4v) is 3.61. The summed E-state index contributed by atoms with van der Waals surface area (Å²) in [6.45, 7) is 1.84. The lowest BCUT2D eigenvalue weighted by molar-refractivity contribution is -0.142. The number of H-pyrrole nitrogens is 2. The van der Waals surface area contributed by atoms with Crippen molar-refractivity contribution < 1.29 is 14.3 Å². The summed E-state index contributed by atoms with van der Waals surface area (Å²) in [7, 11) is 0. The van der Waals surface area contributed by atoms with Crippen LogP contribution in [-0.4, -0.2) is 28.3 Å². The van der Waals surface area contributed by atoms with Crippen LogP contribution in [0.5, 0.6) is 0 Å². The number of aromatic amines is 2. The van der Waals surface area contributed by atoms with Gasteiger partial charge in [0.2, 0.25) is 5.78 Å². The molecule has 2 heterocycles. The average Bonchev–Trinajstić information content (AvgIpc) is 3.34. The van der Waals surface area contributed by atoms with Gasteiger partial charge in [-0.1, -0.05) is 43.3 Å². The first-order chi connectivity index (χ1) is 13.7. The van der Waals surface area contributed by atoms with Gasteiger partial charge in [-0.15, -0.1) is 0 Å². The summed E-state index contributed by atoms with van der Waals surface area (Å²) < 4.78 is 5.23. The molecule has 0 spiro atoms. The number of aryl methyl sites for hydroxylation is 2. The number of fused-ring (bicyclic) bond motifs is 2. The van der Waals surface area contributed by atoms with Gasteiger partial charge in [-0.2, -0.15) is 0 Å². The molecule has 0 radical (unpaired) electrons. The van der Waals surface area contributed by atoms with Crippen LogP contribution in [0.4, 0.5) is 0 Å². The summed E-state index contributed by atoms with van der Waals surface area (Å²) in [5.74, 6) is -0.562. The second-order valence-electron chi connectivity index (χ2n) is 6.84. The summed E-state index contributed by atoms with van der Waals surface area (Å²) in [4.78, 5) is 31.0. The highest BCUT2D eigenvalue weighted by atomic mass is 16.5. The first-order valence-electron chi connectivity index (χ1n) is 9.50. The Kier molecular flexibility index (Phi) is 4.98. The second-order valence-corrected chi connectivity index (χ2v) is 6.84. The van der Waals surface area contributed by atoms with Crippen molar-refractivity contribution in [1.82, 2.24) is 9.97 Å². The van der Waals surface area contributed by atoms with Gasteiger partial charge in [0.25, 0.3) is 0 Å². The molecule has 0 aliphatic carbocycles. The fourth-order valence-electron chi connectivity index (χ4n) is 3.61. The zero-order chi connectivity index (χ0) is 19.5. The van der Waals surface area contributed by atoms with E-state index in [2.05, 4.69) is 16.9 Å². The van der Waals surface area contributed by atoms with E-state index in [1.165, 1.54) is 0 Å². The van der Waals surface area contributed by atoms with Gasteiger partial charge in [-0.3, -0.25) is 9.59 Å². The van der Waals surface area contributed by atoms with E-state index in [4.69, 9.17) is 4.74 Å². The Labute approximate surface area is 162 Å². The predicted molar refractivity (Wildman–Crippen MR) is 110 cm³/mol. The summed E-state index contributed by atoms with van der Waals surface area (Å²) >= 11 is 0. The maximum absolute atomic E-state index is 12.5. The molecule has 2 aromatic carbocycles. The van der Waals surface area contributed by atoms with Crippen LogP contribution in [0.1, 0.15) is 34.8 Å². The zero-order valence-electron chi connectivity index (χ0n) is 15.7. The number of ketones is 1. The van der Waals surface area contributed by atoms with Crippen molar-refractivity contribution in [1.29, 1.82) is 0 Å². The molecule has 0 aliphatic heterocycles. The molecule has 2 aromatic heterocycles. The second kappa shape index (κ2) is 7.72. The largest absolute Gasteiger partial charge is 0.457 e. The number of benzene rings is 2. The molecule has 0 unspecified atom stereocenters. The van der Waals surface area contributed by atoms with Crippen molar-refractivity contribution in [3.05, 3.63) is 71.5 Å². The van der Waals surface area contributed by atoms with E-state index < -0.39 is 0 Å². The molecule has 5 nitrogen and oxygen atoms in total. The van der Waals surface area contributed by atoms with Crippen molar-refractivity contribution in [3.8, 4) is 0 Å². The molecule has 4 rings (SSSR count). The number of para-hydroxylation sites is 2. The lowest BCUT2D eigenvalue weighted by atomic mass is 10.1. The molecule has 0 amide bonds. The molecule has 0 saturated heterocycles. The van der Waals surface area contributed by atoms with Gasteiger partial charge in [0.05, 0.1) is 0 Å². The minimum absolute atomic E-state index is 0.194. The zero-order valence-corrected chi connectivity index (χ0v) is 15.7. The molecular weight excluding hydrogens is 352 g/mol. The van der Waals surface area contributed by atoms with E-state index >= 15 is 0 Å². The number of hydrogen-bond acceptors (Lipinski definition) is 3. The van der Waals surface area contributed by atoms with Gasteiger partial charge in [-0.25, -0.2) is 0 Å². The minimum Gasteiger partial charge on any atom is -0.457 e. The highest BCUT2D eigenvalue weighted by molar-refractivity contribution is 6.09. The number of carbonyl (C=O) groups is 2. The minimum atomic E-state index is -0.368. The quantitative estimate of drug-likeness (QED) is 0.367. The molecule has 0 saturated carbocycles. The first-order valence-corrected chi connectivity index (χ1v) is 9.50. The number of nitrogens with one attached hydrogen (secondary N) is 2. The summed E-state index contributed by atoms with van der Waals surface area (Å²) in [6, 6.07) is 13.9. The van der Waals surface area contributed by atoms with E-state index in [9.17, 15) is 9.59 Å². The third kappa shape index (κ3) is 3.43. The monoisotopic (exact) mass is 374 g/mol. The van der Waals surface area contributed by atoms with Gasteiger partial charge in [0.15, 0.2) is 6.61 Å². The highest BCUT2D eigenvalue weighted by Crippen LogP contribution is 2.23. The fraction of sp³-hybridized carbons (Fsp3) is 0.217. The van der Waals surface area contributed by atoms with Crippen LogP contribution in [0.15, 0.2) is 54.9 Å². The SMILES string of the molecule is CCc1cccc2c(C(=O)COC(=O)CCc3c[nH]c4ccccc34)c[nH]c12. The lowest BCUT2D eigenvalue weighted by Gasteiger charge is -2.04. The molecule has 0 bridgehead atoms. The molecule has 28 heavy (non-hydrogen) atoms. The van der Waals surface area contributed by atoms with E-state index in [1.807, 2.05) is 48.7 Å². The van der Waals surface area contributed by atoms with Crippen molar-refractivity contribution in [2.45, 2.75) is 26.2 Å². The Hall–Kier alpha value is -3.34. The Bertz CT molecular complexity index is 1150. The van der Waals surface area contributed by atoms with Crippen LogP contribution in [0.25, 0.3) is 21.8 Å². The van der Waals surface area contributed by atoms with Crippen molar-refractivity contribution in [2.24, 2.45) is 0 Å². The highest BCUT2D eigenvalue weighted by Gasteiger charge is 2.16. The number of hydrogen-bond donors (Lipinski definition) is 2. The van der Waals surface area contributed by atoms with Gasteiger partial charge < -0.3 is 14.7 Å². The third-order valence-corrected chi connectivity index (χ3v) is 5.12. The van der Waals surface area contributed by atoms with Gasteiger partial charge in [-0.05, 0) is 30.0 Å². The first kappa shape index (κ1) is 18.0. The third-order valence-electron chi connectivity index (χ3n) is 5.12. The lowest BCUT2D eigenvalue weighted by Crippen LogP contribution is -2.14. The van der Waals surface area contributed by atoms with E-state index in [1.54, 1.807) is 6.20 Å². The maximum Gasteiger partial charge on any atom is 0.306 e. The molecule has 4 aromatic rings. The standard InChI is InChI=1S/C23H22N2O3/c1-2-15-6-5-8-18-19(13-25-23(15)18)21(26)14-28-22(27)11-10-16-12-24-20-9-4-3-7-17(16)20/h3-9,12-13,24-25H,2,10-11,14H2,1H3. The van der Waals surface area contributed by atoms with Crippen LogP contribution >= 0.6 is 0 Å². The van der Waals surface area contributed by atoms with Crippen LogP contribution in [0.3, 0.4) is 0 Å². The van der Waals surface area contributed by atoms with Crippen LogP contribution in [0, 0.1) is 0 Å². The number of Topliss-reactive ketones (excluding diaryl/α,β-unsaturated/α-hetero) is 1. The Morgan fingerprint density at radius 2 is 1.75 bits per heavy atom. The van der Waals surface area contributed by atoms with Crippen molar-refractivity contribution in [3.63, 3.8) is 0 Å². The van der Waals surface area contributed by atoms with Gasteiger partial charge >= 0.3 is 5.97 Å². The Morgan fingerprint density at radius 1 is 0.929 bits per heavy atom. The predicted octanol–water partition coefficient (Wildman–Crippen LogP) is 4.57. The topological polar surface area (TPSA) is 75.0 Å². The molecule has 5 heteroatoms. The van der Waals surface area contributed by atoms with Crippen molar-refractivity contribution in [2.75, 3.05) is 6.61 Å². The van der Waals surface area contributed by atoms with Gasteiger partial charge in [0.1, 0.15) is 0 Å². The van der Waals surface area contributed by atoms with E-state index in [0.717, 1.165) is 39.4 Å². The molecule has 142 valence electrons. The number of rotatable bonds is 7.